The van der Waals surface area contributed by atoms with Crippen LogP contribution in [0.1, 0.15) is 40.0 Å². The zero-order chi connectivity index (χ0) is 11.4. The van der Waals surface area contributed by atoms with Gasteiger partial charge >= 0.3 is 5.97 Å². The van der Waals surface area contributed by atoms with Gasteiger partial charge in [-0.2, -0.15) is 0 Å². The molecular weight excluding hydrogens is 190 g/mol. The highest BCUT2D eigenvalue weighted by Gasteiger charge is 2.28. The molecule has 2 atom stereocenters. The smallest absolute Gasteiger partial charge is 0.332 e. The first-order chi connectivity index (χ1) is 7.10. The third kappa shape index (κ3) is 2.74. The molecule has 0 bridgehead atoms. The lowest BCUT2D eigenvalue weighted by Crippen LogP contribution is -2.32. The molecule has 0 aromatic rings. The molecule has 0 radical (unpaired) electrons. The average Bonchev–Trinajstić information content (AvgIpc) is 2.55. The van der Waals surface area contributed by atoms with Crippen molar-refractivity contribution in [3.05, 3.63) is 11.8 Å². The van der Waals surface area contributed by atoms with E-state index in [1.165, 1.54) is 20.0 Å². The number of carbonyl (C=O) groups is 1. The molecular formula is C12H21NO2. The van der Waals surface area contributed by atoms with Crippen LogP contribution in [0.5, 0.6) is 0 Å². The van der Waals surface area contributed by atoms with E-state index in [1.807, 2.05) is 0 Å². The van der Waals surface area contributed by atoms with Crippen molar-refractivity contribution in [3.8, 4) is 0 Å². The van der Waals surface area contributed by atoms with Gasteiger partial charge in [-0.3, -0.25) is 0 Å². The molecule has 0 N–H and O–H groups in total. The summed E-state index contributed by atoms with van der Waals surface area (Å²) in [6, 6.07) is 1.08. The highest BCUT2D eigenvalue weighted by Crippen LogP contribution is 2.29. The van der Waals surface area contributed by atoms with Gasteiger partial charge in [0.1, 0.15) is 0 Å². The molecule has 1 aliphatic rings. The Hall–Kier alpha value is -0.990. The summed E-state index contributed by atoms with van der Waals surface area (Å²) >= 11 is 0. The highest BCUT2D eigenvalue weighted by atomic mass is 16.5. The summed E-state index contributed by atoms with van der Waals surface area (Å²) in [5, 5.41) is 0. The first-order valence-electron chi connectivity index (χ1n) is 5.67. The summed E-state index contributed by atoms with van der Waals surface area (Å²) in [6.07, 6.45) is 4.92. The molecule has 0 spiro atoms. The Morgan fingerprint density at radius 3 is 2.33 bits per heavy atom. The quantitative estimate of drug-likeness (QED) is 0.530. The molecule has 0 amide bonds. The normalized spacial score (nSPS) is 26.9. The van der Waals surface area contributed by atoms with E-state index in [1.54, 1.807) is 6.08 Å². The number of carbonyl (C=O) groups excluding carboxylic acids is 1. The average molecular weight is 211 g/mol. The van der Waals surface area contributed by atoms with Crippen LogP contribution in [0.4, 0.5) is 0 Å². The van der Waals surface area contributed by atoms with E-state index in [0.29, 0.717) is 12.1 Å². The molecule has 0 aliphatic carbocycles. The third-order valence-electron chi connectivity index (χ3n) is 3.13. The number of hydrogen-bond donors (Lipinski definition) is 0. The molecule has 15 heavy (non-hydrogen) atoms. The van der Waals surface area contributed by atoms with Gasteiger partial charge in [0.05, 0.1) is 7.11 Å². The maximum absolute atomic E-state index is 11.2. The number of hydrogen-bond acceptors (Lipinski definition) is 3. The third-order valence-corrected chi connectivity index (χ3v) is 3.13. The molecule has 3 nitrogen and oxygen atoms in total. The Bertz CT molecular complexity index is 250. The van der Waals surface area contributed by atoms with Crippen molar-refractivity contribution in [1.82, 2.24) is 4.90 Å². The zero-order valence-corrected chi connectivity index (χ0v) is 10.1. The van der Waals surface area contributed by atoms with Crippen LogP contribution in [-0.2, 0) is 9.53 Å². The molecule has 1 fully saturated rings. The van der Waals surface area contributed by atoms with Crippen molar-refractivity contribution in [2.24, 2.45) is 0 Å². The van der Waals surface area contributed by atoms with Crippen LogP contribution in [0.3, 0.4) is 0 Å². The van der Waals surface area contributed by atoms with Gasteiger partial charge in [-0.15, -0.1) is 0 Å². The van der Waals surface area contributed by atoms with E-state index in [9.17, 15) is 4.79 Å². The van der Waals surface area contributed by atoms with E-state index in [-0.39, 0.29) is 5.97 Å². The molecule has 3 heteroatoms. The van der Waals surface area contributed by atoms with Gasteiger partial charge in [-0.25, -0.2) is 4.79 Å². The molecule has 1 aliphatic heterocycles. The predicted molar refractivity (Wildman–Crippen MR) is 60.4 cm³/mol. The van der Waals surface area contributed by atoms with Crippen LogP contribution < -0.4 is 0 Å². The van der Waals surface area contributed by atoms with Gasteiger partial charge < -0.3 is 9.64 Å². The number of methoxy groups -OCH3 is 1. The number of allylic oxidation sites excluding steroid dienone is 1. The first-order valence-corrected chi connectivity index (χ1v) is 5.67. The lowest BCUT2D eigenvalue weighted by molar-refractivity contribution is -0.135. The van der Waals surface area contributed by atoms with E-state index in [4.69, 9.17) is 0 Å². The van der Waals surface area contributed by atoms with Gasteiger partial charge in [0.25, 0.3) is 0 Å². The van der Waals surface area contributed by atoms with Crippen molar-refractivity contribution in [2.45, 2.75) is 52.1 Å². The van der Waals surface area contributed by atoms with E-state index >= 15 is 0 Å². The number of ether oxygens (including phenoxy) is 1. The molecule has 1 rings (SSSR count). The Morgan fingerprint density at radius 1 is 1.40 bits per heavy atom. The second-order valence-corrected chi connectivity index (χ2v) is 4.20. The lowest BCUT2D eigenvalue weighted by atomic mass is 10.2. The van der Waals surface area contributed by atoms with Crippen molar-refractivity contribution in [3.63, 3.8) is 0 Å². The van der Waals surface area contributed by atoms with E-state index in [0.717, 1.165) is 12.1 Å². The van der Waals surface area contributed by atoms with Crippen molar-refractivity contribution < 1.29 is 9.53 Å². The van der Waals surface area contributed by atoms with Gasteiger partial charge in [0.2, 0.25) is 0 Å². The van der Waals surface area contributed by atoms with Crippen LogP contribution in [-0.4, -0.2) is 30.1 Å². The predicted octanol–water partition coefficient (Wildman–Crippen LogP) is 2.33. The fourth-order valence-corrected chi connectivity index (χ4v) is 2.32. The second-order valence-electron chi connectivity index (χ2n) is 4.20. The van der Waals surface area contributed by atoms with Crippen LogP contribution >= 0.6 is 0 Å². The monoisotopic (exact) mass is 211 g/mol. The molecule has 0 unspecified atom stereocenters. The second kappa shape index (κ2) is 5.19. The van der Waals surface area contributed by atoms with Gasteiger partial charge in [0.15, 0.2) is 0 Å². The minimum Gasteiger partial charge on any atom is -0.466 e. The standard InChI is InChI=1S/C12H21NO2/c1-5-11(8-12(14)15-4)13-9(2)6-7-10(13)3/h8-10H,5-7H2,1-4H3/b11-8+/t9-,10-/m1/s1. The van der Waals surface area contributed by atoms with Crippen LogP contribution in [0, 0.1) is 0 Å². The summed E-state index contributed by atoms with van der Waals surface area (Å²) in [6.45, 7) is 6.50. The summed E-state index contributed by atoms with van der Waals surface area (Å²) < 4.78 is 4.67. The minimum atomic E-state index is -0.252. The summed E-state index contributed by atoms with van der Waals surface area (Å²) in [7, 11) is 1.42. The molecule has 0 aromatic carbocycles. The molecule has 1 saturated heterocycles. The Kier molecular flexibility index (Phi) is 4.18. The fraction of sp³-hybridized carbons (Fsp3) is 0.750. The van der Waals surface area contributed by atoms with Crippen molar-refractivity contribution >= 4 is 5.97 Å². The fourth-order valence-electron chi connectivity index (χ4n) is 2.32. The molecule has 0 aromatic heterocycles. The van der Waals surface area contributed by atoms with Crippen LogP contribution in [0.2, 0.25) is 0 Å². The Morgan fingerprint density at radius 2 is 1.93 bits per heavy atom. The summed E-state index contributed by atoms with van der Waals surface area (Å²) in [4.78, 5) is 13.6. The van der Waals surface area contributed by atoms with Gasteiger partial charge in [-0.1, -0.05) is 6.92 Å². The maximum Gasteiger partial charge on any atom is 0.332 e. The highest BCUT2D eigenvalue weighted by molar-refractivity contribution is 5.82. The lowest BCUT2D eigenvalue weighted by Gasteiger charge is -2.30. The maximum atomic E-state index is 11.2. The number of likely N-dealkylation sites (tertiary alicyclic amines) is 1. The topological polar surface area (TPSA) is 29.5 Å². The summed E-state index contributed by atoms with van der Waals surface area (Å²) in [5.41, 5.74) is 1.10. The molecule has 1 heterocycles. The number of esters is 1. The van der Waals surface area contributed by atoms with Gasteiger partial charge in [0, 0.05) is 23.9 Å². The van der Waals surface area contributed by atoms with Crippen LogP contribution in [0.15, 0.2) is 11.8 Å². The molecule has 0 saturated carbocycles. The largest absolute Gasteiger partial charge is 0.466 e. The molecule has 86 valence electrons. The first kappa shape index (κ1) is 12.1. The Balaban J connectivity index is 2.81. The van der Waals surface area contributed by atoms with Gasteiger partial charge in [-0.05, 0) is 33.1 Å². The Labute approximate surface area is 92.1 Å². The van der Waals surface area contributed by atoms with Crippen molar-refractivity contribution in [1.29, 1.82) is 0 Å². The van der Waals surface area contributed by atoms with E-state index < -0.39 is 0 Å². The van der Waals surface area contributed by atoms with Crippen molar-refractivity contribution in [2.75, 3.05) is 7.11 Å². The minimum absolute atomic E-state index is 0.252. The van der Waals surface area contributed by atoms with Crippen LogP contribution in [0.25, 0.3) is 0 Å². The number of rotatable bonds is 3. The zero-order valence-electron chi connectivity index (χ0n) is 10.1. The van der Waals surface area contributed by atoms with E-state index in [2.05, 4.69) is 30.4 Å². The SMILES string of the molecule is CC/C(=C\C(=O)OC)N1[C@H](C)CC[C@H]1C. The number of nitrogens with zero attached hydrogens (tertiary/aromatic N) is 1. The summed E-state index contributed by atoms with van der Waals surface area (Å²) in [5.74, 6) is -0.252.